The lowest BCUT2D eigenvalue weighted by atomic mass is 10.1. The van der Waals surface area contributed by atoms with E-state index in [1.54, 1.807) is 0 Å². The van der Waals surface area contributed by atoms with Crippen LogP contribution in [0.4, 0.5) is 0 Å². The Balaban J connectivity index is 2.33. The van der Waals surface area contributed by atoms with Crippen LogP contribution in [0.25, 0.3) is 22.6 Å². The van der Waals surface area contributed by atoms with Crippen molar-refractivity contribution in [2.45, 2.75) is 6.92 Å². The van der Waals surface area contributed by atoms with Crippen LogP contribution in [0, 0.1) is 6.92 Å². The number of hydrogen-bond donors (Lipinski definition) is 3. The maximum Gasteiger partial charge on any atom is 0.327 e. The quantitative estimate of drug-likeness (QED) is 0.636. The van der Waals surface area contributed by atoms with Gasteiger partial charge in [-0.1, -0.05) is 18.2 Å². The molecule has 0 radical (unpaired) electrons. The first kappa shape index (κ1) is 11.9. The summed E-state index contributed by atoms with van der Waals surface area (Å²) in [5, 5.41) is 0. The van der Waals surface area contributed by atoms with Crippen LogP contribution in [0.2, 0.25) is 0 Å². The minimum absolute atomic E-state index is 0.247. The second kappa shape index (κ2) is 4.20. The van der Waals surface area contributed by atoms with Crippen molar-refractivity contribution in [3.8, 4) is 11.4 Å². The van der Waals surface area contributed by atoms with Crippen LogP contribution in [-0.2, 0) is 0 Å². The van der Waals surface area contributed by atoms with Crippen LogP contribution >= 0.6 is 15.9 Å². The minimum Gasteiger partial charge on any atom is -0.332 e. The molecular formula is C12H9BrN4O2. The highest BCUT2D eigenvalue weighted by Gasteiger charge is 2.12. The van der Waals surface area contributed by atoms with Gasteiger partial charge in [0.05, 0.1) is 0 Å². The number of aromatic nitrogens is 4. The van der Waals surface area contributed by atoms with E-state index in [9.17, 15) is 9.59 Å². The highest BCUT2D eigenvalue weighted by Crippen LogP contribution is 2.29. The zero-order valence-corrected chi connectivity index (χ0v) is 11.5. The molecule has 0 aliphatic rings. The molecule has 1 aromatic carbocycles. The second-order valence-corrected chi connectivity index (χ2v) is 4.95. The van der Waals surface area contributed by atoms with Gasteiger partial charge in [-0.15, -0.1) is 0 Å². The second-order valence-electron chi connectivity index (χ2n) is 4.15. The van der Waals surface area contributed by atoms with Crippen molar-refractivity contribution in [1.29, 1.82) is 0 Å². The molecule has 0 atom stereocenters. The van der Waals surface area contributed by atoms with Gasteiger partial charge in [0, 0.05) is 10.0 Å². The van der Waals surface area contributed by atoms with Gasteiger partial charge in [0.2, 0.25) is 0 Å². The van der Waals surface area contributed by atoms with Gasteiger partial charge >= 0.3 is 5.69 Å². The first-order valence-electron chi connectivity index (χ1n) is 5.54. The predicted octanol–water partition coefficient (Wildman–Crippen LogP) is 1.68. The summed E-state index contributed by atoms with van der Waals surface area (Å²) in [4.78, 5) is 34.6. The van der Waals surface area contributed by atoms with Gasteiger partial charge in [-0.25, -0.2) is 9.78 Å². The van der Waals surface area contributed by atoms with E-state index in [4.69, 9.17) is 0 Å². The normalized spacial score (nSPS) is 11.1. The number of fused-ring (bicyclic) bond motifs is 1. The molecule has 7 heteroatoms. The van der Waals surface area contributed by atoms with E-state index < -0.39 is 11.2 Å². The summed E-state index contributed by atoms with van der Waals surface area (Å²) in [6, 6.07) is 5.74. The summed E-state index contributed by atoms with van der Waals surface area (Å²) < 4.78 is 0.896. The van der Waals surface area contributed by atoms with E-state index in [0.717, 1.165) is 15.6 Å². The maximum absolute atomic E-state index is 11.6. The van der Waals surface area contributed by atoms with Crippen LogP contribution < -0.4 is 11.2 Å². The van der Waals surface area contributed by atoms with Crippen LogP contribution in [0.15, 0.2) is 32.3 Å². The van der Waals surface area contributed by atoms with Gasteiger partial charge in [-0.05, 0) is 28.4 Å². The Morgan fingerprint density at radius 3 is 2.74 bits per heavy atom. The largest absolute Gasteiger partial charge is 0.332 e. The molecule has 0 fully saturated rings. The van der Waals surface area contributed by atoms with Crippen molar-refractivity contribution < 1.29 is 0 Å². The molecular weight excluding hydrogens is 312 g/mol. The van der Waals surface area contributed by atoms with Gasteiger partial charge in [-0.2, -0.15) is 0 Å². The molecule has 19 heavy (non-hydrogen) atoms. The Labute approximate surface area is 115 Å². The van der Waals surface area contributed by atoms with Gasteiger partial charge < -0.3 is 4.98 Å². The molecule has 2 aromatic heterocycles. The van der Waals surface area contributed by atoms with Crippen molar-refractivity contribution in [2.24, 2.45) is 0 Å². The summed E-state index contributed by atoms with van der Waals surface area (Å²) >= 11 is 3.49. The molecule has 0 bridgehead atoms. The molecule has 3 N–H and O–H groups in total. The monoisotopic (exact) mass is 320 g/mol. The van der Waals surface area contributed by atoms with E-state index >= 15 is 0 Å². The Morgan fingerprint density at radius 1 is 1.16 bits per heavy atom. The standard InChI is InChI=1S/C12H9BrN4O2/c1-5-3-2-4-6(7(5)13)9-14-8-10(15-9)16-12(19)17-11(8)18/h2-4H,1H3,(H3,14,15,16,17,18,19). The molecule has 3 rings (SSSR count). The summed E-state index contributed by atoms with van der Waals surface area (Å²) in [6.45, 7) is 1.96. The molecule has 0 saturated heterocycles. The SMILES string of the molecule is Cc1cccc(-c2nc3[nH]c(=O)[nH]c(=O)c3[nH]2)c1Br. The fourth-order valence-corrected chi connectivity index (χ4v) is 2.34. The van der Waals surface area contributed by atoms with Crippen LogP contribution in [0.5, 0.6) is 0 Å². The number of hydrogen-bond acceptors (Lipinski definition) is 3. The summed E-state index contributed by atoms with van der Waals surface area (Å²) in [5.41, 5.74) is 1.33. The third-order valence-corrected chi connectivity index (χ3v) is 3.89. The summed E-state index contributed by atoms with van der Waals surface area (Å²) in [6.07, 6.45) is 0. The molecule has 0 aliphatic heterocycles. The average Bonchev–Trinajstić information content (AvgIpc) is 2.76. The Kier molecular flexibility index (Phi) is 2.63. The number of nitrogens with one attached hydrogen (secondary N) is 3. The van der Waals surface area contributed by atoms with E-state index in [-0.39, 0.29) is 11.2 Å². The fraction of sp³-hybridized carbons (Fsp3) is 0.0833. The van der Waals surface area contributed by atoms with E-state index in [0.29, 0.717) is 5.82 Å². The number of benzene rings is 1. The zero-order valence-electron chi connectivity index (χ0n) is 9.87. The summed E-state index contributed by atoms with van der Waals surface area (Å²) in [7, 11) is 0. The molecule has 6 nitrogen and oxygen atoms in total. The molecule has 0 saturated carbocycles. The highest BCUT2D eigenvalue weighted by molar-refractivity contribution is 9.10. The third-order valence-electron chi connectivity index (χ3n) is 2.84. The first-order chi connectivity index (χ1) is 9.06. The van der Waals surface area contributed by atoms with E-state index in [2.05, 4.69) is 35.9 Å². The minimum atomic E-state index is -0.571. The molecule has 0 spiro atoms. The molecule has 0 unspecified atom stereocenters. The Hall–Kier alpha value is -2.15. The van der Waals surface area contributed by atoms with Crippen molar-refractivity contribution in [2.75, 3.05) is 0 Å². The number of aromatic amines is 3. The smallest absolute Gasteiger partial charge is 0.327 e. The molecule has 0 aliphatic carbocycles. The van der Waals surface area contributed by atoms with Crippen molar-refractivity contribution >= 4 is 27.1 Å². The zero-order chi connectivity index (χ0) is 13.6. The lowest BCUT2D eigenvalue weighted by Gasteiger charge is -2.03. The van der Waals surface area contributed by atoms with Gasteiger partial charge in [-0.3, -0.25) is 14.8 Å². The lowest BCUT2D eigenvalue weighted by Crippen LogP contribution is -2.21. The van der Waals surface area contributed by atoms with Gasteiger partial charge in [0.1, 0.15) is 11.3 Å². The maximum atomic E-state index is 11.6. The predicted molar refractivity (Wildman–Crippen MR) is 75.2 cm³/mol. The van der Waals surface area contributed by atoms with Gasteiger partial charge in [0.25, 0.3) is 5.56 Å². The highest BCUT2D eigenvalue weighted by atomic mass is 79.9. The number of rotatable bonds is 1. The number of halogens is 1. The number of H-pyrrole nitrogens is 3. The van der Waals surface area contributed by atoms with Crippen molar-refractivity contribution in [1.82, 2.24) is 19.9 Å². The number of aryl methyl sites for hydroxylation is 1. The van der Waals surface area contributed by atoms with E-state index in [1.165, 1.54) is 0 Å². The number of imidazole rings is 1. The van der Waals surface area contributed by atoms with Crippen LogP contribution in [0.3, 0.4) is 0 Å². The van der Waals surface area contributed by atoms with Crippen LogP contribution in [0.1, 0.15) is 5.56 Å². The molecule has 3 aromatic rings. The number of nitrogens with zero attached hydrogens (tertiary/aromatic N) is 1. The Morgan fingerprint density at radius 2 is 1.95 bits per heavy atom. The van der Waals surface area contributed by atoms with Crippen molar-refractivity contribution in [3.63, 3.8) is 0 Å². The lowest BCUT2D eigenvalue weighted by molar-refractivity contribution is 1.07. The fourth-order valence-electron chi connectivity index (χ4n) is 1.89. The Bertz CT molecular complexity index is 891. The van der Waals surface area contributed by atoms with Gasteiger partial charge in [0.15, 0.2) is 5.65 Å². The molecule has 0 amide bonds. The molecule has 2 heterocycles. The third kappa shape index (κ3) is 1.91. The van der Waals surface area contributed by atoms with Crippen LogP contribution in [-0.4, -0.2) is 19.9 Å². The first-order valence-corrected chi connectivity index (χ1v) is 6.33. The average molecular weight is 321 g/mol. The van der Waals surface area contributed by atoms with E-state index in [1.807, 2.05) is 25.1 Å². The topological polar surface area (TPSA) is 94.4 Å². The molecule has 96 valence electrons. The van der Waals surface area contributed by atoms with Crippen molar-refractivity contribution in [3.05, 3.63) is 49.1 Å². The summed E-state index contributed by atoms with van der Waals surface area (Å²) in [5.74, 6) is 0.526.